The summed E-state index contributed by atoms with van der Waals surface area (Å²) in [5.41, 5.74) is 8.42. The molecule has 1 heterocycles. The first-order chi connectivity index (χ1) is 9.08. The first-order valence-electron chi connectivity index (χ1n) is 5.70. The number of nitrogens with zero attached hydrogens (tertiary/aromatic N) is 2. The van der Waals surface area contributed by atoms with Gasteiger partial charge in [0, 0.05) is 22.5 Å². The summed E-state index contributed by atoms with van der Waals surface area (Å²) >= 11 is 1.53. The number of para-hydroxylation sites is 1. The third-order valence-electron chi connectivity index (χ3n) is 2.62. The molecule has 0 saturated carbocycles. The maximum atomic E-state index is 8.46. The Morgan fingerprint density at radius 3 is 2.79 bits per heavy atom. The molecule has 0 aliphatic carbocycles. The van der Waals surface area contributed by atoms with Gasteiger partial charge in [-0.3, -0.25) is 15.3 Å². The van der Waals surface area contributed by atoms with Crippen LogP contribution in [0.25, 0.3) is 10.6 Å². The Balaban J connectivity index is 2.15. The largest absolute Gasteiger partial charge is 0.398 e. The zero-order chi connectivity index (χ0) is 13.8. The van der Waals surface area contributed by atoms with Gasteiger partial charge in [0.2, 0.25) is 0 Å². The van der Waals surface area contributed by atoms with E-state index in [4.69, 9.17) is 16.1 Å². The number of hydrogen-bond donors (Lipinski definition) is 3. The SMILES string of the molecule is Cc1nc(-c2ccccc2N)sc1CCON(O)O. The van der Waals surface area contributed by atoms with Crippen LogP contribution in [0.15, 0.2) is 24.3 Å². The second-order valence-corrected chi connectivity index (χ2v) is 5.03. The zero-order valence-electron chi connectivity index (χ0n) is 10.4. The van der Waals surface area contributed by atoms with E-state index in [-0.39, 0.29) is 12.0 Å². The molecule has 0 aliphatic heterocycles. The highest BCUT2D eigenvalue weighted by atomic mass is 32.1. The molecule has 1 aromatic heterocycles. The van der Waals surface area contributed by atoms with Gasteiger partial charge in [-0.1, -0.05) is 12.1 Å². The van der Waals surface area contributed by atoms with Gasteiger partial charge in [0.15, 0.2) is 0 Å². The Kier molecular flexibility index (Phi) is 4.46. The number of aryl methyl sites for hydroxylation is 1. The van der Waals surface area contributed by atoms with Crippen molar-refractivity contribution in [3.63, 3.8) is 0 Å². The molecule has 6 nitrogen and oxygen atoms in total. The predicted molar refractivity (Wildman–Crippen MR) is 71.8 cm³/mol. The lowest BCUT2D eigenvalue weighted by molar-refractivity contribution is -0.492. The van der Waals surface area contributed by atoms with E-state index in [0.717, 1.165) is 21.1 Å². The lowest BCUT2D eigenvalue weighted by atomic mass is 10.2. The summed E-state index contributed by atoms with van der Waals surface area (Å²) < 4.78 is 0. The fourth-order valence-corrected chi connectivity index (χ4v) is 2.78. The number of aromatic nitrogens is 1. The summed E-state index contributed by atoms with van der Waals surface area (Å²) in [5, 5.41) is 17.5. The molecule has 0 saturated heterocycles. The average molecular weight is 281 g/mol. The fraction of sp³-hybridized carbons (Fsp3) is 0.250. The quantitative estimate of drug-likeness (QED) is 0.575. The molecular formula is C12H15N3O3S. The third kappa shape index (κ3) is 3.49. The van der Waals surface area contributed by atoms with Crippen molar-refractivity contribution in [1.29, 1.82) is 0 Å². The molecule has 0 aliphatic rings. The normalized spacial score (nSPS) is 11.2. The fourth-order valence-electron chi connectivity index (χ4n) is 1.69. The van der Waals surface area contributed by atoms with Gasteiger partial charge in [0.25, 0.3) is 0 Å². The van der Waals surface area contributed by atoms with E-state index in [9.17, 15) is 0 Å². The minimum atomic E-state index is -0.285. The Morgan fingerprint density at radius 1 is 1.37 bits per heavy atom. The summed E-state index contributed by atoms with van der Waals surface area (Å²) in [5.74, 6) is 0. The highest BCUT2D eigenvalue weighted by Gasteiger charge is 2.11. The minimum absolute atomic E-state index is 0.166. The number of thiazole rings is 1. The van der Waals surface area contributed by atoms with Crippen LogP contribution >= 0.6 is 11.3 Å². The summed E-state index contributed by atoms with van der Waals surface area (Å²) in [6.45, 7) is 2.07. The van der Waals surface area contributed by atoms with Crippen molar-refractivity contribution in [2.45, 2.75) is 13.3 Å². The molecule has 7 heteroatoms. The summed E-state index contributed by atoms with van der Waals surface area (Å²) in [6, 6.07) is 7.56. The van der Waals surface area contributed by atoms with E-state index >= 15 is 0 Å². The van der Waals surface area contributed by atoms with E-state index in [2.05, 4.69) is 9.82 Å². The molecule has 1 aromatic carbocycles. The lowest BCUT2D eigenvalue weighted by Gasteiger charge is -2.04. The van der Waals surface area contributed by atoms with Crippen LogP contribution in [0.2, 0.25) is 0 Å². The smallest absolute Gasteiger partial charge is 0.125 e. The summed E-state index contributed by atoms with van der Waals surface area (Å²) in [6.07, 6.45) is 0.549. The Labute approximate surface area is 114 Å². The van der Waals surface area contributed by atoms with Crippen LogP contribution in [-0.4, -0.2) is 27.4 Å². The van der Waals surface area contributed by atoms with Gasteiger partial charge in [0.05, 0.1) is 17.7 Å². The van der Waals surface area contributed by atoms with Crippen LogP contribution < -0.4 is 5.73 Å². The molecule has 0 unspecified atom stereocenters. The summed E-state index contributed by atoms with van der Waals surface area (Å²) in [4.78, 5) is 10.0. The van der Waals surface area contributed by atoms with Crippen molar-refractivity contribution in [2.24, 2.45) is 0 Å². The van der Waals surface area contributed by atoms with E-state index in [1.807, 2.05) is 31.2 Å². The Hall–Kier alpha value is -1.51. The van der Waals surface area contributed by atoms with Crippen LogP contribution in [0.1, 0.15) is 10.6 Å². The van der Waals surface area contributed by atoms with Crippen LogP contribution in [0.4, 0.5) is 5.69 Å². The number of hydrogen-bond acceptors (Lipinski definition) is 7. The number of benzene rings is 1. The molecule has 0 atom stereocenters. The molecule has 19 heavy (non-hydrogen) atoms. The van der Waals surface area contributed by atoms with Gasteiger partial charge in [0.1, 0.15) is 5.01 Å². The topological polar surface area (TPSA) is 91.8 Å². The van der Waals surface area contributed by atoms with Gasteiger partial charge in [-0.2, -0.15) is 0 Å². The first-order valence-corrected chi connectivity index (χ1v) is 6.51. The highest BCUT2D eigenvalue weighted by Crippen LogP contribution is 2.31. The molecular weight excluding hydrogens is 266 g/mol. The standard InChI is InChI=1S/C12H15N3O3S/c1-8-11(6-7-18-15(16)17)19-12(14-8)9-4-2-3-5-10(9)13/h2-5,16-17H,6-7,13H2,1H3. The molecule has 102 valence electrons. The number of rotatable bonds is 5. The molecule has 0 radical (unpaired) electrons. The molecule has 0 spiro atoms. The van der Waals surface area contributed by atoms with Crippen molar-refractivity contribution >= 4 is 17.0 Å². The van der Waals surface area contributed by atoms with Crippen LogP contribution in [-0.2, 0) is 11.3 Å². The number of anilines is 1. The highest BCUT2D eigenvalue weighted by molar-refractivity contribution is 7.15. The predicted octanol–water partition coefficient (Wildman–Crippen LogP) is 2.26. The number of nitrogens with two attached hydrogens (primary N) is 1. The van der Waals surface area contributed by atoms with E-state index in [1.54, 1.807) is 0 Å². The van der Waals surface area contributed by atoms with Crippen LogP contribution in [0, 0.1) is 6.92 Å². The molecule has 2 rings (SSSR count). The second kappa shape index (κ2) is 6.09. The number of nitrogen functional groups attached to an aromatic ring is 1. The van der Waals surface area contributed by atoms with Gasteiger partial charge in [-0.15, -0.1) is 11.3 Å². The molecule has 4 N–H and O–H groups in total. The molecule has 2 aromatic rings. The van der Waals surface area contributed by atoms with E-state index in [1.165, 1.54) is 11.3 Å². The second-order valence-electron chi connectivity index (χ2n) is 3.95. The van der Waals surface area contributed by atoms with Crippen molar-refractivity contribution in [3.8, 4) is 10.6 Å². The van der Waals surface area contributed by atoms with E-state index in [0.29, 0.717) is 12.1 Å². The monoisotopic (exact) mass is 281 g/mol. The molecule has 0 amide bonds. The lowest BCUT2D eigenvalue weighted by Crippen LogP contribution is -2.16. The Morgan fingerprint density at radius 2 is 2.11 bits per heavy atom. The zero-order valence-corrected chi connectivity index (χ0v) is 11.2. The maximum Gasteiger partial charge on any atom is 0.125 e. The van der Waals surface area contributed by atoms with Crippen molar-refractivity contribution < 1.29 is 15.3 Å². The maximum absolute atomic E-state index is 8.46. The molecule has 0 bridgehead atoms. The van der Waals surface area contributed by atoms with Crippen LogP contribution in [0.3, 0.4) is 0 Å². The van der Waals surface area contributed by atoms with Gasteiger partial charge < -0.3 is 5.73 Å². The third-order valence-corrected chi connectivity index (χ3v) is 3.87. The summed E-state index contributed by atoms with van der Waals surface area (Å²) in [7, 11) is 0. The van der Waals surface area contributed by atoms with E-state index < -0.39 is 0 Å². The van der Waals surface area contributed by atoms with Crippen molar-refractivity contribution in [2.75, 3.05) is 12.3 Å². The first kappa shape index (κ1) is 13.9. The van der Waals surface area contributed by atoms with Gasteiger partial charge >= 0.3 is 0 Å². The van der Waals surface area contributed by atoms with Gasteiger partial charge in [-0.25, -0.2) is 4.98 Å². The van der Waals surface area contributed by atoms with Crippen molar-refractivity contribution in [3.05, 3.63) is 34.8 Å². The Bertz CT molecular complexity index is 557. The van der Waals surface area contributed by atoms with Crippen LogP contribution in [0.5, 0.6) is 0 Å². The van der Waals surface area contributed by atoms with Crippen molar-refractivity contribution in [1.82, 2.24) is 10.4 Å². The minimum Gasteiger partial charge on any atom is -0.398 e. The van der Waals surface area contributed by atoms with Gasteiger partial charge in [-0.05, 0) is 19.1 Å². The average Bonchev–Trinajstić information content (AvgIpc) is 2.71. The molecule has 0 fully saturated rings.